The van der Waals surface area contributed by atoms with Gasteiger partial charge in [-0.2, -0.15) is 0 Å². The summed E-state index contributed by atoms with van der Waals surface area (Å²) in [6, 6.07) is 10.9. The molecule has 0 saturated heterocycles. The van der Waals surface area contributed by atoms with Gasteiger partial charge in [-0.05, 0) is 62.2 Å². The molecular weight excluding hydrogens is 556 g/mol. The molecule has 0 aliphatic heterocycles. The van der Waals surface area contributed by atoms with Gasteiger partial charge in [-0.3, -0.25) is 15.1 Å². The highest BCUT2D eigenvalue weighted by molar-refractivity contribution is 9.11. The van der Waals surface area contributed by atoms with Gasteiger partial charge in [-0.25, -0.2) is 4.98 Å². The minimum Gasteiger partial charge on any atom is -0.506 e. The first-order chi connectivity index (χ1) is 14.7. The minimum atomic E-state index is -0.495. The molecule has 3 aromatic carbocycles. The van der Waals surface area contributed by atoms with Crippen molar-refractivity contribution in [1.82, 2.24) is 9.97 Å². The van der Waals surface area contributed by atoms with Crippen LogP contribution in [0, 0.1) is 10.1 Å². The van der Waals surface area contributed by atoms with Crippen LogP contribution in [0.1, 0.15) is 5.56 Å². The van der Waals surface area contributed by atoms with Gasteiger partial charge in [0.25, 0.3) is 5.69 Å². The second kappa shape index (κ2) is 8.29. The number of nitrogens with one attached hydrogen (secondary N) is 1. The van der Waals surface area contributed by atoms with Crippen molar-refractivity contribution in [3.63, 3.8) is 0 Å². The molecule has 0 atom stereocenters. The van der Waals surface area contributed by atoms with Crippen LogP contribution in [0.25, 0.3) is 22.4 Å². The Morgan fingerprint density at radius 1 is 1.13 bits per heavy atom. The molecule has 3 N–H and O–H groups in total. The summed E-state index contributed by atoms with van der Waals surface area (Å²) in [6.07, 6.45) is 1.45. The fraction of sp³-hybridized carbons (Fsp3) is 0. The Morgan fingerprint density at radius 3 is 2.65 bits per heavy atom. The smallest absolute Gasteiger partial charge is 0.270 e. The van der Waals surface area contributed by atoms with Gasteiger partial charge in [0.1, 0.15) is 21.8 Å². The third kappa shape index (κ3) is 4.14. The van der Waals surface area contributed by atoms with Crippen molar-refractivity contribution in [2.45, 2.75) is 0 Å². The van der Waals surface area contributed by atoms with Crippen molar-refractivity contribution in [2.24, 2.45) is 4.99 Å². The number of nitrogens with zero attached hydrogens (tertiary/aromatic N) is 3. The number of nitro groups is 1. The van der Waals surface area contributed by atoms with E-state index in [1.54, 1.807) is 18.2 Å². The van der Waals surface area contributed by atoms with E-state index in [1.807, 2.05) is 0 Å². The lowest BCUT2D eigenvalue weighted by Crippen LogP contribution is -1.90. The van der Waals surface area contributed by atoms with E-state index in [9.17, 15) is 20.3 Å². The lowest BCUT2D eigenvalue weighted by Gasteiger charge is -2.06. The number of nitro benzene ring substituents is 1. The number of imidazole rings is 1. The number of rotatable bonds is 4. The fourth-order valence-electron chi connectivity index (χ4n) is 2.87. The number of halogens is 3. The summed E-state index contributed by atoms with van der Waals surface area (Å²) in [5.74, 6) is 0.140. The fourth-order valence-corrected chi connectivity index (χ4v) is 4.23. The van der Waals surface area contributed by atoms with Crippen molar-refractivity contribution in [3.05, 3.63) is 72.1 Å². The lowest BCUT2D eigenvalue weighted by molar-refractivity contribution is -0.384. The van der Waals surface area contributed by atoms with Crippen LogP contribution in [0.2, 0.25) is 5.02 Å². The quantitative estimate of drug-likeness (QED) is 0.148. The van der Waals surface area contributed by atoms with E-state index in [4.69, 9.17) is 11.6 Å². The first-order valence-electron chi connectivity index (χ1n) is 8.62. The van der Waals surface area contributed by atoms with Crippen molar-refractivity contribution < 1.29 is 15.1 Å². The lowest BCUT2D eigenvalue weighted by atomic mass is 10.2. The molecule has 8 nitrogen and oxygen atoms in total. The molecule has 0 aliphatic rings. The molecule has 0 bridgehead atoms. The molecular formula is C20H11Br2ClN4O4. The third-order valence-electron chi connectivity index (χ3n) is 4.43. The zero-order valence-corrected chi connectivity index (χ0v) is 19.2. The van der Waals surface area contributed by atoms with Crippen LogP contribution < -0.4 is 0 Å². The number of aromatic hydroxyl groups is 2. The number of phenolic OH excluding ortho intramolecular Hbond substituents is 2. The first-order valence-corrected chi connectivity index (χ1v) is 10.6. The highest BCUT2D eigenvalue weighted by Gasteiger charge is 2.15. The van der Waals surface area contributed by atoms with Crippen LogP contribution in [0.3, 0.4) is 0 Å². The molecule has 0 saturated carbocycles. The molecule has 0 aliphatic carbocycles. The molecule has 4 rings (SSSR count). The molecule has 0 spiro atoms. The molecule has 1 heterocycles. The number of hydrogen-bond acceptors (Lipinski definition) is 6. The van der Waals surface area contributed by atoms with Gasteiger partial charge in [0.2, 0.25) is 0 Å². The van der Waals surface area contributed by atoms with Crippen LogP contribution in [-0.2, 0) is 0 Å². The zero-order valence-electron chi connectivity index (χ0n) is 15.3. The van der Waals surface area contributed by atoms with E-state index in [0.29, 0.717) is 43.2 Å². The van der Waals surface area contributed by atoms with Crippen molar-refractivity contribution in [2.75, 3.05) is 0 Å². The number of H-pyrrole nitrogens is 1. The van der Waals surface area contributed by atoms with E-state index in [1.165, 1.54) is 30.5 Å². The van der Waals surface area contributed by atoms with Crippen LogP contribution in [0.15, 0.2) is 56.4 Å². The average Bonchev–Trinajstić information content (AvgIpc) is 3.17. The monoisotopic (exact) mass is 564 g/mol. The number of hydrogen-bond donors (Lipinski definition) is 3. The molecule has 0 fully saturated rings. The molecule has 0 unspecified atom stereocenters. The second-order valence-corrected chi connectivity index (χ2v) is 8.48. The van der Waals surface area contributed by atoms with Gasteiger partial charge in [0, 0.05) is 29.5 Å². The van der Waals surface area contributed by atoms with Gasteiger partial charge >= 0.3 is 0 Å². The predicted molar refractivity (Wildman–Crippen MR) is 126 cm³/mol. The molecule has 1 aromatic heterocycles. The summed E-state index contributed by atoms with van der Waals surface area (Å²) in [5.41, 5.74) is 2.58. The number of benzene rings is 3. The van der Waals surface area contributed by atoms with Crippen LogP contribution in [0.4, 0.5) is 11.4 Å². The number of aromatic nitrogens is 2. The highest BCUT2D eigenvalue weighted by atomic mass is 79.9. The summed E-state index contributed by atoms with van der Waals surface area (Å²) in [7, 11) is 0. The largest absolute Gasteiger partial charge is 0.506 e. The Hall–Kier alpha value is -2.95. The zero-order chi connectivity index (χ0) is 22.3. The Bertz CT molecular complexity index is 1390. The van der Waals surface area contributed by atoms with Crippen LogP contribution in [0.5, 0.6) is 11.5 Å². The number of non-ortho nitro benzene ring substituents is 1. The Labute approximate surface area is 196 Å². The van der Waals surface area contributed by atoms with Gasteiger partial charge in [-0.1, -0.05) is 11.6 Å². The minimum absolute atomic E-state index is 0.0869. The van der Waals surface area contributed by atoms with E-state index < -0.39 is 4.92 Å². The SMILES string of the molecule is O=[N+]([O-])c1ccc(Cl)c(-c2nc3cc(/N=C/c4cc(Br)c(O)c(Br)c4O)ccc3[nH]2)c1. The molecule has 11 heteroatoms. The Morgan fingerprint density at radius 2 is 1.90 bits per heavy atom. The molecule has 31 heavy (non-hydrogen) atoms. The summed E-state index contributed by atoms with van der Waals surface area (Å²) in [6.45, 7) is 0. The maximum atomic E-state index is 11.1. The standard InChI is InChI=1S/C20H11Br2ClN4O4/c21-13-5-9(18(28)17(22)19(13)29)8-24-10-1-4-15-16(6-10)26-20(25-15)12-7-11(27(30)31)2-3-14(12)23/h1-8,28-29H,(H,25,26)/b24-8+. The topological polar surface area (TPSA) is 125 Å². The number of aromatic amines is 1. The summed E-state index contributed by atoms with van der Waals surface area (Å²) in [4.78, 5) is 22.5. The number of phenols is 2. The predicted octanol–water partition coefficient (Wildman–Crippen LogP) is 6.48. The van der Waals surface area contributed by atoms with Crippen LogP contribution >= 0.6 is 43.5 Å². The highest BCUT2D eigenvalue weighted by Crippen LogP contribution is 2.41. The molecule has 156 valence electrons. The van der Waals surface area contributed by atoms with Gasteiger partial charge in [-0.15, -0.1) is 0 Å². The van der Waals surface area contributed by atoms with E-state index in [-0.39, 0.29) is 21.7 Å². The Kier molecular flexibility index (Phi) is 5.69. The molecule has 4 aromatic rings. The first kappa shape index (κ1) is 21.3. The maximum Gasteiger partial charge on any atom is 0.270 e. The summed E-state index contributed by atoms with van der Waals surface area (Å²) >= 11 is 12.5. The van der Waals surface area contributed by atoms with Crippen molar-refractivity contribution >= 4 is 72.1 Å². The maximum absolute atomic E-state index is 11.1. The average molecular weight is 567 g/mol. The van der Waals surface area contributed by atoms with Crippen LogP contribution in [-0.4, -0.2) is 31.3 Å². The number of fused-ring (bicyclic) bond motifs is 1. The van der Waals surface area contributed by atoms with Gasteiger partial charge < -0.3 is 15.2 Å². The summed E-state index contributed by atoms with van der Waals surface area (Å²) < 4.78 is 0.560. The van der Waals surface area contributed by atoms with E-state index >= 15 is 0 Å². The normalized spacial score (nSPS) is 11.5. The Balaban J connectivity index is 1.70. The van der Waals surface area contributed by atoms with Gasteiger partial charge in [0.15, 0.2) is 0 Å². The number of aliphatic imine (C=N–C) groups is 1. The van der Waals surface area contributed by atoms with E-state index in [0.717, 1.165) is 0 Å². The molecule has 0 radical (unpaired) electrons. The molecule has 0 amide bonds. The van der Waals surface area contributed by atoms with Gasteiger partial charge in [0.05, 0.1) is 31.1 Å². The third-order valence-corrected chi connectivity index (χ3v) is 6.12. The van der Waals surface area contributed by atoms with Crippen molar-refractivity contribution in [1.29, 1.82) is 0 Å². The van der Waals surface area contributed by atoms with E-state index in [2.05, 4.69) is 46.8 Å². The summed E-state index contributed by atoms with van der Waals surface area (Å²) in [5, 5.41) is 31.4. The van der Waals surface area contributed by atoms with Crippen molar-refractivity contribution in [3.8, 4) is 22.9 Å². The second-order valence-electron chi connectivity index (χ2n) is 6.43.